The van der Waals surface area contributed by atoms with Gasteiger partial charge in [-0.1, -0.05) is 30.3 Å². The Balaban J connectivity index is 1.42. The van der Waals surface area contributed by atoms with E-state index in [1.165, 1.54) is 35.2 Å². The number of anilines is 1. The number of non-ortho nitro benzene ring substituents is 1. The highest BCUT2D eigenvalue weighted by molar-refractivity contribution is 7.92. The highest BCUT2D eigenvalue weighted by Crippen LogP contribution is 2.34. The smallest absolute Gasteiger partial charge is 0.316 e. The fourth-order valence-electron chi connectivity index (χ4n) is 4.44. The topological polar surface area (TPSA) is 139 Å². The number of fused-ring (bicyclic) bond motifs is 1. The highest BCUT2D eigenvalue weighted by atomic mass is 32.2. The van der Waals surface area contributed by atoms with Gasteiger partial charge < -0.3 is 15.5 Å². The van der Waals surface area contributed by atoms with Crippen LogP contribution in [0.5, 0.6) is 0 Å². The molecular formula is C24H20N4O6S. The minimum absolute atomic E-state index is 0.0517. The average molecular weight is 493 g/mol. The van der Waals surface area contributed by atoms with Crippen LogP contribution in [0.15, 0.2) is 77.7 Å². The van der Waals surface area contributed by atoms with Crippen molar-refractivity contribution in [3.8, 4) is 0 Å². The predicted molar refractivity (Wildman–Crippen MR) is 127 cm³/mol. The summed E-state index contributed by atoms with van der Waals surface area (Å²) in [5, 5.41) is 14.9. The first kappa shape index (κ1) is 22.5. The van der Waals surface area contributed by atoms with Crippen molar-refractivity contribution in [3.05, 3.63) is 99.6 Å². The van der Waals surface area contributed by atoms with Gasteiger partial charge in [-0.3, -0.25) is 14.9 Å². The number of rotatable bonds is 5. The molecule has 0 bridgehead atoms. The quantitative estimate of drug-likeness (QED) is 0.415. The molecule has 0 spiro atoms. The van der Waals surface area contributed by atoms with Crippen molar-refractivity contribution in [3.63, 3.8) is 0 Å². The number of carbonyl (C=O) groups is 2. The normalized spacial score (nSPS) is 19.1. The third-order valence-electron chi connectivity index (χ3n) is 6.20. The molecular weight excluding hydrogens is 472 g/mol. The number of amides is 3. The van der Waals surface area contributed by atoms with E-state index in [1.807, 2.05) is 0 Å². The van der Waals surface area contributed by atoms with Gasteiger partial charge in [-0.2, -0.15) is 0 Å². The van der Waals surface area contributed by atoms with E-state index in [2.05, 4.69) is 10.6 Å². The van der Waals surface area contributed by atoms with Crippen LogP contribution in [0, 0.1) is 10.1 Å². The predicted octanol–water partition coefficient (Wildman–Crippen LogP) is 2.95. The van der Waals surface area contributed by atoms with Gasteiger partial charge in [-0.25, -0.2) is 13.2 Å². The molecule has 2 aliphatic rings. The van der Waals surface area contributed by atoms with Gasteiger partial charge in [0, 0.05) is 29.9 Å². The molecule has 10 nitrogen and oxygen atoms in total. The van der Waals surface area contributed by atoms with Crippen molar-refractivity contribution in [2.24, 2.45) is 0 Å². The molecule has 2 unspecified atom stereocenters. The Morgan fingerprint density at radius 1 is 1.00 bits per heavy atom. The van der Waals surface area contributed by atoms with E-state index in [-0.39, 0.29) is 16.5 Å². The molecule has 0 radical (unpaired) electrons. The number of benzene rings is 3. The molecule has 0 aliphatic carbocycles. The van der Waals surface area contributed by atoms with Crippen LogP contribution >= 0.6 is 0 Å². The Morgan fingerprint density at radius 3 is 2.40 bits per heavy atom. The number of hydrogen-bond donors (Lipinski definition) is 2. The molecule has 5 rings (SSSR count). The van der Waals surface area contributed by atoms with E-state index in [9.17, 15) is 28.1 Å². The van der Waals surface area contributed by atoms with Crippen LogP contribution in [-0.2, 0) is 16.3 Å². The lowest BCUT2D eigenvalue weighted by Gasteiger charge is -2.20. The Kier molecular flexibility index (Phi) is 5.48. The Labute approximate surface area is 200 Å². The monoisotopic (exact) mass is 492 g/mol. The van der Waals surface area contributed by atoms with E-state index < -0.39 is 32.2 Å². The second-order valence-electron chi connectivity index (χ2n) is 8.27. The molecule has 3 aromatic carbocycles. The van der Waals surface area contributed by atoms with Gasteiger partial charge in [-0.05, 0) is 47.9 Å². The van der Waals surface area contributed by atoms with Gasteiger partial charge in [0.1, 0.15) is 0 Å². The number of carbonyl (C=O) groups excluding carboxylic acids is 2. The molecule has 0 saturated carbocycles. The zero-order chi connectivity index (χ0) is 24.7. The van der Waals surface area contributed by atoms with E-state index in [0.717, 1.165) is 0 Å². The van der Waals surface area contributed by atoms with E-state index >= 15 is 0 Å². The van der Waals surface area contributed by atoms with Crippen LogP contribution in [-0.4, -0.2) is 37.2 Å². The van der Waals surface area contributed by atoms with E-state index in [1.54, 1.807) is 42.5 Å². The summed E-state index contributed by atoms with van der Waals surface area (Å²) in [5.41, 5.74) is 2.13. The Bertz CT molecular complexity index is 1440. The second-order valence-corrected chi connectivity index (χ2v) is 10.3. The highest BCUT2D eigenvalue weighted by Gasteiger charge is 2.43. The Hall–Kier alpha value is -4.25. The van der Waals surface area contributed by atoms with Crippen LogP contribution < -0.4 is 15.5 Å². The van der Waals surface area contributed by atoms with Crippen LogP contribution in [0.4, 0.5) is 16.2 Å². The standard InChI is InChI=1S/C24H20N4O6S/c29-23(16-6-8-18(9-7-16)28(31)32)27-13-12-17-14-19(10-11-20(17)27)35(33,34)22-21(25-24(30)26-22)15-4-2-1-3-5-15/h1-11,14,21-22H,12-13H2,(H2,25,26,30). The van der Waals surface area contributed by atoms with Gasteiger partial charge in [0.2, 0.25) is 9.84 Å². The van der Waals surface area contributed by atoms with Crippen LogP contribution in [0.3, 0.4) is 0 Å². The van der Waals surface area contributed by atoms with Crippen molar-refractivity contribution < 1.29 is 22.9 Å². The summed E-state index contributed by atoms with van der Waals surface area (Å²) < 4.78 is 27.0. The molecule has 1 fully saturated rings. The fourth-order valence-corrected chi connectivity index (χ4v) is 6.14. The minimum atomic E-state index is -3.96. The third kappa shape index (κ3) is 3.99. The summed E-state index contributed by atoms with van der Waals surface area (Å²) >= 11 is 0. The number of nitro groups is 1. The minimum Gasteiger partial charge on any atom is -0.328 e. The van der Waals surface area contributed by atoms with E-state index in [0.29, 0.717) is 35.3 Å². The Morgan fingerprint density at radius 2 is 1.71 bits per heavy atom. The third-order valence-corrected chi connectivity index (χ3v) is 8.17. The maximum Gasteiger partial charge on any atom is 0.316 e. The van der Waals surface area contributed by atoms with Gasteiger partial charge in [0.05, 0.1) is 15.9 Å². The van der Waals surface area contributed by atoms with Gasteiger partial charge in [0.15, 0.2) is 5.37 Å². The molecule has 2 heterocycles. The van der Waals surface area contributed by atoms with Crippen molar-refractivity contribution in [1.82, 2.24) is 10.6 Å². The van der Waals surface area contributed by atoms with Crippen molar-refractivity contribution in [2.75, 3.05) is 11.4 Å². The number of nitro benzene ring substituents is 1. The molecule has 2 aliphatic heterocycles. The molecule has 2 N–H and O–H groups in total. The second kappa shape index (κ2) is 8.51. The molecule has 2 atom stereocenters. The van der Waals surface area contributed by atoms with Gasteiger partial charge in [0.25, 0.3) is 11.6 Å². The van der Waals surface area contributed by atoms with Gasteiger partial charge >= 0.3 is 6.03 Å². The lowest BCUT2D eigenvalue weighted by Crippen LogP contribution is -2.36. The number of urea groups is 1. The first-order valence-electron chi connectivity index (χ1n) is 10.8. The average Bonchev–Trinajstić information content (AvgIpc) is 3.48. The summed E-state index contributed by atoms with van der Waals surface area (Å²) in [7, 11) is -3.96. The van der Waals surface area contributed by atoms with Crippen molar-refractivity contribution in [1.29, 1.82) is 0 Å². The zero-order valence-corrected chi connectivity index (χ0v) is 19.1. The van der Waals surface area contributed by atoms with Crippen LogP contribution in [0.25, 0.3) is 0 Å². The molecule has 178 valence electrons. The molecule has 3 aromatic rings. The first-order valence-corrected chi connectivity index (χ1v) is 12.4. The fraction of sp³-hybridized carbons (Fsp3) is 0.167. The SMILES string of the molecule is O=C1NC(c2ccccc2)C(S(=O)(=O)c2ccc3c(c2)CCN3C(=O)c2ccc([N+](=O)[O-])cc2)N1. The number of nitrogens with zero attached hydrogens (tertiary/aromatic N) is 2. The van der Waals surface area contributed by atoms with Crippen molar-refractivity contribution in [2.45, 2.75) is 22.7 Å². The summed E-state index contributed by atoms with van der Waals surface area (Å²) in [6.45, 7) is 0.350. The zero-order valence-electron chi connectivity index (χ0n) is 18.2. The van der Waals surface area contributed by atoms with Crippen LogP contribution in [0.2, 0.25) is 0 Å². The number of nitrogens with one attached hydrogen (secondary N) is 2. The van der Waals surface area contributed by atoms with Crippen molar-refractivity contribution >= 4 is 33.2 Å². The number of hydrogen-bond acceptors (Lipinski definition) is 6. The maximum absolute atomic E-state index is 13.5. The van der Waals surface area contributed by atoms with Gasteiger partial charge in [-0.15, -0.1) is 0 Å². The summed E-state index contributed by atoms with van der Waals surface area (Å²) in [6.07, 6.45) is 0.453. The molecule has 3 amide bonds. The van der Waals surface area contributed by atoms with E-state index in [4.69, 9.17) is 0 Å². The lowest BCUT2D eigenvalue weighted by atomic mass is 10.1. The molecule has 0 aromatic heterocycles. The summed E-state index contributed by atoms with van der Waals surface area (Å²) in [4.78, 5) is 37.0. The molecule has 1 saturated heterocycles. The summed E-state index contributed by atoms with van der Waals surface area (Å²) in [6, 6.07) is 17.5. The first-order chi connectivity index (χ1) is 16.8. The molecule has 11 heteroatoms. The maximum atomic E-state index is 13.5. The largest absolute Gasteiger partial charge is 0.328 e. The lowest BCUT2D eigenvalue weighted by molar-refractivity contribution is -0.384. The summed E-state index contributed by atoms with van der Waals surface area (Å²) in [5.74, 6) is -0.328. The number of sulfone groups is 1. The molecule has 35 heavy (non-hydrogen) atoms. The van der Waals surface area contributed by atoms with Crippen LogP contribution in [0.1, 0.15) is 27.5 Å².